The van der Waals surface area contributed by atoms with Crippen LogP contribution in [-0.2, 0) is 6.54 Å². The molecule has 2 aromatic carbocycles. The van der Waals surface area contributed by atoms with E-state index in [1.807, 2.05) is 37.3 Å². The molecule has 0 aliphatic heterocycles. The van der Waals surface area contributed by atoms with Crippen LogP contribution in [0.4, 0.5) is 5.69 Å². The van der Waals surface area contributed by atoms with Crippen molar-refractivity contribution in [2.24, 2.45) is 0 Å². The van der Waals surface area contributed by atoms with Gasteiger partial charge < -0.3 is 14.8 Å². The molecule has 0 aliphatic rings. The summed E-state index contributed by atoms with van der Waals surface area (Å²) in [4.78, 5) is 11.1. The van der Waals surface area contributed by atoms with Crippen molar-refractivity contribution in [1.29, 1.82) is 0 Å². The highest BCUT2D eigenvalue weighted by Crippen LogP contribution is 2.30. The van der Waals surface area contributed by atoms with E-state index in [0.29, 0.717) is 28.0 Å². The van der Waals surface area contributed by atoms with Gasteiger partial charge in [-0.2, -0.15) is 0 Å². The maximum atomic E-state index is 11.1. The van der Waals surface area contributed by atoms with Gasteiger partial charge in [-0.05, 0) is 48.9 Å². The lowest BCUT2D eigenvalue weighted by Gasteiger charge is -2.08. The fraction of sp³-hybridized carbons (Fsp3) is 0.105. The van der Waals surface area contributed by atoms with Crippen molar-refractivity contribution < 1.29 is 14.3 Å². The van der Waals surface area contributed by atoms with Crippen LogP contribution in [0.3, 0.4) is 0 Å². The zero-order valence-electron chi connectivity index (χ0n) is 13.3. The number of carbonyl (C=O) groups is 1. The third kappa shape index (κ3) is 3.81. The Morgan fingerprint density at radius 1 is 1.12 bits per heavy atom. The average Bonchev–Trinajstić information content (AvgIpc) is 3.05. The van der Waals surface area contributed by atoms with Crippen LogP contribution in [0.25, 0.3) is 11.3 Å². The maximum absolute atomic E-state index is 11.1. The lowest BCUT2D eigenvalue weighted by atomic mass is 10.1. The normalized spacial score (nSPS) is 10.7. The fourth-order valence-electron chi connectivity index (χ4n) is 2.47. The molecule has 3 rings (SSSR count). The first-order valence-corrected chi connectivity index (χ1v) is 8.32. The zero-order chi connectivity index (χ0) is 18.0. The zero-order valence-corrected chi connectivity index (χ0v) is 14.9. The standard InChI is InChI=1S/C19H15Cl2NO3/c1-11-14(3-2-4-15(11)20)18-8-6-13(25-18)10-22-17-9-12(19(23)24)5-7-16(17)21/h2-9,22H,10H2,1H3,(H,23,24). The molecular formula is C19H15Cl2NO3. The van der Waals surface area contributed by atoms with Gasteiger partial charge >= 0.3 is 5.97 Å². The Morgan fingerprint density at radius 2 is 1.92 bits per heavy atom. The number of benzene rings is 2. The number of rotatable bonds is 5. The van der Waals surface area contributed by atoms with Crippen molar-refractivity contribution in [3.63, 3.8) is 0 Å². The van der Waals surface area contributed by atoms with Crippen molar-refractivity contribution >= 4 is 34.9 Å². The lowest BCUT2D eigenvalue weighted by molar-refractivity contribution is 0.0697. The Hall–Kier alpha value is -2.43. The molecule has 0 amide bonds. The third-order valence-electron chi connectivity index (χ3n) is 3.86. The number of anilines is 1. The molecule has 0 fully saturated rings. The van der Waals surface area contributed by atoms with Gasteiger partial charge in [0, 0.05) is 10.6 Å². The number of aromatic carboxylic acids is 1. The molecule has 0 saturated heterocycles. The van der Waals surface area contributed by atoms with E-state index < -0.39 is 5.97 Å². The largest absolute Gasteiger partial charge is 0.478 e. The summed E-state index contributed by atoms with van der Waals surface area (Å²) in [6.07, 6.45) is 0. The van der Waals surface area contributed by atoms with E-state index in [1.165, 1.54) is 12.1 Å². The van der Waals surface area contributed by atoms with Crippen LogP contribution in [0, 0.1) is 6.92 Å². The lowest BCUT2D eigenvalue weighted by Crippen LogP contribution is -2.02. The molecule has 0 bridgehead atoms. The van der Waals surface area contributed by atoms with Gasteiger partial charge in [-0.25, -0.2) is 4.79 Å². The van der Waals surface area contributed by atoms with Crippen molar-refractivity contribution in [2.75, 3.05) is 5.32 Å². The Morgan fingerprint density at radius 3 is 2.68 bits per heavy atom. The van der Waals surface area contributed by atoms with Crippen molar-refractivity contribution in [2.45, 2.75) is 13.5 Å². The minimum Gasteiger partial charge on any atom is -0.478 e. The van der Waals surface area contributed by atoms with Crippen LogP contribution in [-0.4, -0.2) is 11.1 Å². The number of hydrogen-bond acceptors (Lipinski definition) is 3. The summed E-state index contributed by atoms with van der Waals surface area (Å²) in [6, 6.07) is 13.9. The molecule has 2 N–H and O–H groups in total. The quantitative estimate of drug-likeness (QED) is 0.584. The summed E-state index contributed by atoms with van der Waals surface area (Å²) in [5.41, 5.74) is 2.60. The monoisotopic (exact) mass is 375 g/mol. The van der Waals surface area contributed by atoms with E-state index in [2.05, 4.69) is 5.32 Å². The summed E-state index contributed by atoms with van der Waals surface area (Å²) in [7, 11) is 0. The number of halogens is 2. The second-order valence-electron chi connectivity index (χ2n) is 5.53. The topological polar surface area (TPSA) is 62.5 Å². The molecule has 0 radical (unpaired) electrons. The van der Waals surface area contributed by atoms with Crippen molar-refractivity contribution in [3.8, 4) is 11.3 Å². The molecule has 0 saturated carbocycles. The van der Waals surface area contributed by atoms with Crippen molar-refractivity contribution in [3.05, 3.63) is 75.5 Å². The van der Waals surface area contributed by atoms with Gasteiger partial charge in [0.15, 0.2) is 0 Å². The van der Waals surface area contributed by atoms with Crippen LogP contribution in [0.2, 0.25) is 10.0 Å². The smallest absolute Gasteiger partial charge is 0.335 e. The SMILES string of the molecule is Cc1c(Cl)cccc1-c1ccc(CNc2cc(C(=O)O)ccc2Cl)o1. The molecular weight excluding hydrogens is 361 g/mol. The third-order valence-corrected chi connectivity index (χ3v) is 4.60. The molecule has 0 aliphatic carbocycles. The van der Waals surface area contributed by atoms with E-state index in [9.17, 15) is 4.79 Å². The number of carboxylic acids is 1. The minimum atomic E-state index is -1.00. The van der Waals surface area contributed by atoms with Gasteiger partial charge in [0.1, 0.15) is 11.5 Å². The van der Waals surface area contributed by atoms with Crippen LogP contribution in [0.15, 0.2) is 52.9 Å². The first kappa shape index (κ1) is 17.4. The second-order valence-corrected chi connectivity index (χ2v) is 6.35. The second kappa shape index (κ2) is 7.21. The molecule has 1 aromatic heterocycles. The van der Waals surface area contributed by atoms with E-state index in [0.717, 1.165) is 16.9 Å². The van der Waals surface area contributed by atoms with E-state index in [1.54, 1.807) is 6.07 Å². The highest BCUT2D eigenvalue weighted by atomic mass is 35.5. The van der Waals surface area contributed by atoms with E-state index in [4.69, 9.17) is 32.7 Å². The van der Waals surface area contributed by atoms with Crippen LogP contribution < -0.4 is 5.32 Å². The fourth-order valence-corrected chi connectivity index (χ4v) is 2.83. The first-order chi connectivity index (χ1) is 12.0. The molecule has 4 nitrogen and oxygen atoms in total. The Kier molecular flexibility index (Phi) is 5.02. The summed E-state index contributed by atoms with van der Waals surface area (Å²) in [6.45, 7) is 2.32. The summed E-state index contributed by atoms with van der Waals surface area (Å²) in [5.74, 6) is 0.421. The molecule has 0 atom stereocenters. The van der Waals surface area contributed by atoms with Crippen LogP contribution >= 0.6 is 23.2 Å². The number of furan rings is 1. The maximum Gasteiger partial charge on any atom is 0.335 e. The van der Waals surface area contributed by atoms with Gasteiger partial charge in [0.2, 0.25) is 0 Å². The summed E-state index contributed by atoms with van der Waals surface area (Å²) in [5, 5.41) is 13.3. The first-order valence-electron chi connectivity index (χ1n) is 7.56. The number of nitrogens with one attached hydrogen (secondary N) is 1. The van der Waals surface area contributed by atoms with Crippen LogP contribution in [0.5, 0.6) is 0 Å². The Labute approximate surface area is 155 Å². The highest BCUT2D eigenvalue weighted by Gasteiger charge is 2.11. The van der Waals surface area contributed by atoms with Crippen molar-refractivity contribution in [1.82, 2.24) is 0 Å². The van der Waals surface area contributed by atoms with E-state index >= 15 is 0 Å². The summed E-state index contributed by atoms with van der Waals surface area (Å²) < 4.78 is 5.86. The van der Waals surface area contributed by atoms with Gasteiger partial charge in [-0.3, -0.25) is 0 Å². The van der Waals surface area contributed by atoms with Crippen LogP contribution in [0.1, 0.15) is 21.7 Å². The average molecular weight is 376 g/mol. The molecule has 0 spiro atoms. The molecule has 0 unspecified atom stereocenters. The molecule has 25 heavy (non-hydrogen) atoms. The molecule has 6 heteroatoms. The highest BCUT2D eigenvalue weighted by molar-refractivity contribution is 6.33. The Balaban J connectivity index is 1.78. The predicted octanol–water partition coefficient (Wildman–Crippen LogP) is 5.87. The minimum absolute atomic E-state index is 0.168. The number of hydrogen-bond donors (Lipinski definition) is 2. The summed E-state index contributed by atoms with van der Waals surface area (Å²) >= 11 is 12.3. The van der Waals surface area contributed by atoms with Gasteiger partial charge in [-0.15, -0.1) is 0 Å². The predicted molar refractivity (Wildman–Crippen MR) is 99.6 cm³/mol. The molecule has 1 heterocycles. The van der Waals surface area contributed by atoms with E-state index in [-0.39, 0.29) is 5.56 Å². The number of carboxylic acid groups (broad SMARTS) is 1. The molecule has 128 valence electrons. The van der Waals surface area contributed by atoms with Gasteiger partial charge in [0.25, 0.3) is 0 Å². The van der Waals surface area contributed by atoms with Gasteiger partial charge in [-0.1, -0.05) is 35.3 Å². The molecule has 3 aromatic rings. The van der Waals surface area contributed by atoms with Gasteiger partial charge in [0.05, 0.1) is 22.8 Å². The Bertz CT molecular complexity index is 934.